The van der Waals surface area contributed by atoms with Crippen LogP contribution in [-0.4, -0.2) is 38.6 Å². The van der Waals surface area contributed by atoms with Crippen molar-refractivity contribution in [2.24, 2.45) is 0 Å². The maximum absolute atomic E-state index is 11.9. The van der Waals surface area contributed by atoms with E-state index in [1.54, 1.807) is 32.3 Å². The second kappa shape index (κ2) is 7.49. The summed E-state index contributed by atoms with van der Waals surface area (Å²) in [5.41, 5.74) is -0.568. The molecule has 5 heteroatoms. The fourth-order valence-corrected chi connectivity index (χ4v) is 1.77. The van der Waals surface area contributed by atoms with Gasteiger partial charge in [0.15, 0.2) is 0 Å². The Morgan fingerprint density at radius 3 is 2.25 bits per heavy atom. The van der Waals surface area contributed by atoms with Crippen molar-refractivity contribution >= 4 is 16.9 Å². The highest BCUT2D eigenvalue weighted by Gasteiger charge is 2.21. The number of rotatable bonds is 4. The molecule has 0 saturated carbocycles. The highest BCUT2D eigenvalue weighted by molar-refractivity contribution is 7.89. The summed E-state index contributed by atoms with van der Waals surface area (Å²) < 4.78 is 16.8. The Morgan fingerprint density at radius 1 is 1.30 bits per heavy atom. The molecule has 0 fully saturated rings. The summed E-state index contributed by atoms with van der Waals surface area (Å²) in [6, 6.07) is 0. The third kappa shape index (κ3) is 8.00. The minimum Gasteiger partial charge on any atom is -0.444 e. The van der Waals surface area contributed by atoms with Crippen LogP contribution >= 0.6 is 0 Å². The quantitative estimate of drug-likeness (QED) is 0.750. The van der Waals surface area contributed by atoms with Crippen LogP contribution in [0.3, 0.4) is 0 Å². The molecule has 0 aromatic heterocycles. The Morgan fingerprint density at radius 2 is 1.85 bits per heavy atom. The molecule has 20 heavy (non-hydrogen) atoms. The molecule has 0 aromatic carbocycles. The lowest BCUT2D eigenvalue weighted by molar-refractivity contribution is 0.0296. The van der Waals surface area contributed by atoms with E-state index in [9.17, 15) is 9.00 Å². The summed E-state index contributed by atoms with van der Waals surface area (Å²) in [6.07, 6.45) is 6.46. The molecule has 0 bridgehead atoms. The molecule has 0 saturated heterocycles. The van der Waals surface area contributed by atoms with Crippen LogP contribution in [0, 0.1) is 12.3 Å². The van der Waals surface area contributed by atoms with Gasteiger partial charge in [0, 0.05) is 16.7 Å². The number of hydrogen-bond acceptors (Lipinski definition) is 3. The fraction of sp³-hybridized carbons (Fsp3) is 0.667. The maximum atomic E-state index is 11.9. The largest absolute Gasteiger partial charge is 0.444 e. The lowest BCUT2D eigenvalue weighted by Crippen LogP contribution is -2.37. The molecule has 0 rings (SSSR count). The molecule has 0 aromatic rings. The van der Waals surface area contributed by atoms with Gasteiger partial charge in [0.1, 0.15) is 5.60 Å². The SMILES string of the molecule is C#CCN(C/C=C/S(=O)C(C)(C)C)C(=O)OC(C)(C)C. The fourth-order valence-electron chi connectivity index (χ4n) is 1.10. The second-order valence-electron chi connectivity index (χ2n) is 6.35. The van der Waals surface area contributed by atoms with Crippen molar-refractivity contribution in [2.45, 2.75) is 51.9 Å². The number of terminal acetylenes is 1. The predicted molar refractivity (Wildman–Crippen MR) is 83.7 cm³/mol. The van der Waals surface area contributed by atoms with Crippen molar-refractivity contribution in [1.82, 2.24) is 4.90 Å². The molecule has 1 unspecified atom stereocenters. The van der Waals surface area contributed by atoms with E-state index in [-0.39, 0.29) is 17.8 Å². The minimum absolute atomic E-state index is 0.154. The van der Waals surface area contributed by atoms with Crippen LogP contribution in [0.5, 0.6) is 0 Å². The van der Waals surface area contributed by atoms with Gasteiger partial charge in [-0.05, 0) is 41.5 Å². The van der Waals surface area contributed by atoms with E-state index in [1.165, 1.54) is 4.90 Å². The van der Waals surface area contributed by atoms with Gasteiger partial charge in [-0.15, -0.1) is 6.42 Å². The van der Waals surface area contributed by atoms with E-state index in [0.717, 1.165) is 0 Å². The van der Waals surface area contributed by atoms with E-state index in [0.29, 0.717) is 0 Å². The van der Waals surface area contributed by atoms with E-state index in [2.05, 4.69) is 5.92 Å². The van der Waals surface area contributed by atoms with Gasteiger partial charge in [-0.3, -0.25) is 9.11 Å². The number of ether oxygens (including phenoxy) is 1. The van der Waals surface area contributed by atoms with Gasteiger partial charge >= 0.3 is 6.09 Å². The average Bonchev–Trinajstić information content (AvgIpc) is 2.23. The molecule has 1 amide bonds. The summed E-state index contributed by atoms with van der Waals surface area (Å²) in [6.45, 7) is 11.5. The molecule has 114 valence electrons. The third-order valence-corrected chi connectivity index (χ3v) is 3.73. The number of carbonyl (C=O) groups excluding carboxylic acids is 1. The van der Waals surface area contributed by atoms with Gasteiger partial charge in [0.05, 0.1) is 17.3 Å². The van der Waals surface area contributed by atoms with E-state index < -0.39 is 22.5 Å². The number of amides is 1. The molecule has 4 nitrogen and oxygen atoms in total. The standard InChI is InChI=1S/C15H25NO3S/c1-8-10-16(13(17)19-14(2,3)4)11-9-12-20(18)15(5,6)7/h1,9,12H,10-11H2,2-7H3/b12-9+. The van der Waals surface area contributed by atoms with Gasteiger partial charge in [-0.2, -0.15) is 0 Å². The van der Waals surface area contributed by atoms with E-state index >= 15 is 0 Å². The summed E-state index contributed by atoms with van der Waals surface area (Å²) in [5.74, 6) is 2.42. The van der Waals surface area contributed by atoms with Gasteiger partial charge < -0.3 is 4.74 Å². The zero-order valence-electron chi connectivity index (χ0n) is 13.2. The first kappa shape index (κ1) is 18.7. The van der Waals surface area contributed by atoms with E-state index in [4.69, 9.17) is 11.2 Å². The number of hydrogen-bond donors (Lipinski definition) is 0. The lowest BCUT2D eigenvalue weighted by atomic mass is 10.2. The van der Waals surface area contributed by atoms with Crippen LogP contribution < -0.4 is 0 Å². The van der Waals surface area contributed by atoms with Gasteiger partial charge in [-0.25, -0.2) is 4.79 Å². The van der Waals surface area contributed by atoms with Crippen molar-refractivity contribution in [2.75, 3.05) is 13.1 Å². The summed E-state index contributed by atoms with van der Waals surface area (Å²) in [4.78, 5) is 13.3. The zero-order valence-corrected chi connectivity index (χ0v) is 14.0. The Bertz CT molecular complexity index is 422. The van der Waals surface area contributed by atoms with Crippen LogP contribution in [0.4, 0.5) is 4.79 Å². The maximum Gasteiger partial charge on any atom is 0.411 e. The minimum atomic E-state index is -1.10. The molecule has 1 atom stereocenters. The summed E-state index contributed by atoms with van der Waals surface area (Å²) >= 11 is 0. The normalized spacial score (nSPS) is 13.8. The van der Waals surface area contributed by atoms with Crippen molar-refractivity contribution in [3.63, 3.8) is 0 Å². The van der Waals surface area contributed by atoms with Gasteiger partial charge in [-0.1, -0.05) is 12.0 Å². The Balaban J connectivity index is 4.65. The van der Waals surface area contributed by atoms with Crippen molar-refractivity contribution in [1.29, 1.82) is 0 Å². The van der Waals surface area contributed by atoms with Crippen LogP contribution in [-0.2, 0) is 15.5 Å². The molecule has 0 N–H and O–H groups in total. The molecule has 0 heterocycles. The second-order valence-corrected chi connectivity index (χ2v) is 8.44. The van der Waals surface area contributed by atoms with Gasteiger partial charge in [0.2, 0.25) is 0 Å². The molecular weight excluding hydrogens is 274 g/mol. The molecule has 0 aliphatic heterocycles. The van der Waals surface area contributed by atoms with Crippen LogP contribution in [0.15, 0.2) is 11.5 Å². The van der Waals surface area contributed by atoms with Crippen LogP contribution in [0.1, 0.15) is 41.5 Å². The Labute approximate surface area is 125 Å². The first-order chi connectivity index (χ1) is 8.97. The highest BCUT2D eigenvalue weighted by atomic mass is 32.2. The summed E-state index contributed by atoms with van der Waals surface area (Å²) in [5, 5.41) is 1.59. The molecule has 0 aliphatic rings. The molecular formula is C15H25NO3S. The molecule has 0 spiro atoms. The van der Waals surface area contributed by atoms with Gasteiger partial charge in [0.25, 0.3) is 0 Å². The first-order valence-corrected chi connectivity index (χ1v) is 7.67. The number of carbonyl (C=O) groups is 1. The molecule has 0 aliphatic carbocycles. The summed E-state index contributed by atoms with van der Waals surface area (Å²) in [7, 11) is -1.10. The van der Waals surface area contributed by atoms with Crippen LogP contribution in [0.2, 0.25) is 0 Å². The smallest absolute Gasteiger partial charge is 0.411 e. The lowest BCUT2D eigenvalue weighted by Gasteiger charge is -2.25. The Hall–Kier alpha value is -1.28. The molecule has 0 radical (unpaired) electrons. The zero-order chi connectivity index (χ0) is 16.0. The first-order valence-electron chi connectivity index (χ1n) is 6.46. The topological polar surface area (TPSA) is 46.6 Å². The van der Waals surface area contributed by atoms with Crippen molar-refractivity contribution < 1.29 is 13.7 Å². The average molecular weight is 299 g/mol. The number of nitrogens with zero attached hydrogens (tertiary/aromatic N) is 1. The predicted octanol–water partition coefficient (Wildman–Crippen LogP) is 2.92. The van der Waals surface area contributed by atoms with E-state index in [1.807, 2.05) is 20.8 Å². The van der Waals surface area contributed by atoms with Crippen molar-refractivity contribution in [3.8, 4) is 12.3 Å². The third-order valence-electron chi connectivity index (χ3n) is 2.08. The monoisotopic (exact) mass is 299 g/mol. The van der Waals surface area contributed by atoms with Crippen molar-refractivity contribution in [3.05, 3.63) is 11.5 Å². The highest BCUT2D eigenvalue weighted by Crippen LogP contribution is 2.13. The van der Waals surface area contributed by atoms with Crippen LogP contribution in [0.25, 0.3) is 0 Å². The Kier molecular flexibility index (Phi) is 7.01.